The number of aryl methyl sites for hydroxylation is 1. The van der Waals surface area contributed by atoms with E-state index < -0.39 is 11.9 Å². The van der Waals surface area contributed by atoms with Crippen LogP contribution in [0, 0.1) is 6.92 Å². The molecule has 1 aromatic carbocycles. The summed E-state index contributed by atoms with van der Waals surface area (Å²) >= 11 is 5.87. The molecule has 2 heterocycles. The predicted octanol–water partition coefficient (Wildman–Crippen LogP) is 4.12. The summed E-state index contributed by atoms with van der Waals surface area (Å²) in [5.41, 5.74) is -0.0356. The first kappa shape index (κ1) is 17.2. The fourth-order valence-corrected chi connectivity index (χ4v) is 2.67. The van der Waals surface area contributed by atoms with Gasteiger partial charge in [0.1, 0.15) is 5.69 Å². The predicted molar refractivity (Wildman–Crippen MR) is 87.4 cm³/mol. The van der Waals surface area contributed by atoms with Crippen LogP contribution in [-0.2, 0) is 17.4 Å². The summed E-state index contributed by atoms with van der Waals surface area (Å²) in [6, 6.07) is 7.74. The number of carbonyl (C=O) groups excluding carboxylic acids is 1. The minimum Gasteiger partial charge on any atom is -0.308 e. The fraction of sp³-hybridized carbons (Fsp3) is 0.188. The Morgan fingerprint density at radius 2 is 2.08 bits per heavy atom. The Morgan fingerprint density at radius 3 is 2.76 bits per heavy atom. The fourth-order valence-electron chi connectivity index (χ4n) is 2.46. The van der Waals surface area contributed by atoms with Gasteiger partial charge in [-0.1, -0.05) is 23.7 Å². The van der Waals surface area contributed by atoms with Crippen LogP contribution in [0.1, 0.15) is 16.8 Å². The van der Waals surface area contributed by atoms with Crippen LogP contribution in [0.25, 0.3) is 11.0 Å². The smallest absolute Gasteiger partial charge is 0.308 e. The van der Waals surface area contributed by atoms with Gasteiger partial charge in [0.15, 0.2) is 11.5 Å². The van der Waals surface area contributed by atoms with Gasteiger partial charge in [0, 0.05) is 5.02 Å². The first-order chi connectivity index (χ1) is 11.7. The highest BCUT2D eigenvalue weighted by atomic mass is 35.5. The van der Waals surface area contributed by atoms with Crippen LogP contribution < -0.4 is 5.32 Å². The highest BCUT2D eigenvalue weighted by Gasteiger charge is 2.33. The van der Waals surface area contributed by atoms with Crippen molar-refractivity contribution in [2.45, 2.75) is 19.5 Å². The van der Waals surface area contributed by atoms with Crippen molar-refractivity contribution in [1.82, 2.24) is 15.2 Å². The number of amides is 1. The molecule has 0 saturated carbocycles. The Hall–Kier alpha value is -2.61. The number of hydrogen-bond donors (Lipinski definition) is 2. The van der Waals surface area contributed by atoms with Crippen molar-refractivity contribution in [3.63, 3.8) is 0 Å². The molecule has 0 atom stereocenters. The average Bonchev–Trinajstić information content (AvgIpc) is 2.89. The topological polar surface area (TPSA) is 70.7 Å². The highest BCUT2D eigenvalue weighted by Crippen LogP contribution is 2.32. The van der Waals surface area contributed by atoms with Crippen molar-refractivity contribution in [2.24, 2.45) is 0 Å². The van der Waals surface area contributed by atoms with Gasteiger partial charge in [-0.05, 0) is 36.2 Å². The lowest BCUT2D eigenvalue weighted by Crippen LogP contribution is -2.15. The van der Waals surface area contributed by atoms with E-state index in [2.05, 4.69) is 20.5 Å². The molecule has 0 aliphatic rings. The summed E-state index contributed by atoms with van der Waals surface area (Å²) < 4.78 is 38.4. The average molecular weight is 369 g/mol. The van der Waals surface area contributed by atoms with Gasteiger partial charge in [-0.15, -0.1) is 0 Å². The SMILES string of the molecule is Cc1cc(C(F)(F)F)nc2[nH]nc(NC(=O)Cc3cccc(Cl)c3)c12. The molecule has 0 aliphatic carbocycles. The minimum absolute atomic E-state index is 0.0367. The first-order valence-corrected chi connectivity index (χ1v) is 7.59. The molecule has 5 nitrogen and oxygen atoms in total. The van der Waals surface area contributed by atoms with E-state index >= 15 is 0 Å². The van der Waals surface area contributed by atoms with Gasteiger partial charge in [0.05, 0.1) is 11.8 Å². The van der Waals surface area contributed by atoms with Crippen LogP contribution in [0.3, 0.4) is 0 Å². The van der Waals surface area contributed by atoms with Crippen LogP contribution in [-0.4, -0.2) is 21.1 Å². The molecule has 0 spiro atoms. The molecule has 0 fully saturated rings. The molecule has 3 aromatic rings. The number of carbonyl (C=O) groups is 1. The number of halogens is 4. The zero-order chi connectivity index (χ0) is 18.2. The molecule has 0 unspecified atom stereocenters. The normalized spacial score (nSPS) is 11.7. The van der Waals surface area contributed by atoms with Crippen LogP contribution in [0.2, 0.25) is 5.02 Å². The number of pyridine rings is 1. The molecule has 25 heavy (non-hydrogen) atoms. The first-order valence-electron chi connectivity index (χ1n) is 7.21. The third kappa shape index (κ3) is 3.74. The molecule has 2 aromatic heterocycles. The van der Waals surface area contributed by atoms with Gasteiger partial charge < -0.3 is 5.32 Å². The maximum atomic E-state index is 12.8. The number of fused-ring (bicyclic) bond motifs is 1. The minimum atomic E-state index is -4.56. The van der Waals surface area contributed by atoms with Crippen molar-refractivity contribution < 1.29 is 18.0 Å². The summed E-state index contributed by atoms with van der Waals surface area (Å²) in [5.74, 6) is -0.226. The van der Waals surface area contributed by atoms with E-state index in [1.165, 1.54) is 6.92 Å². The maximum absolute atomic E-state index is 12.8. The Bertz CT molecular complexity index is 952. The molecule has 0 bridgehead atoms. The van der Waals surface area contributed by atoms with Crippen LogP contribution in [0.4, 0.5) is 19.0 Å². The number of aromatic amines is 1. The lowest BCUT2D eigenvalue weighted by Gasteiger charge is -2.08. The van der Waals surface area contributed by atoms with Gasteiger partial charge >= 0.3 is 6.18 Å². The number of anilines is 1. The van der Waals surface area contributed by atoms with Gasteiger partial charge in [-0.2, -0.15) is 18.3 Å². The standard InChI is InChI=1S/C16H12ClF3N4O/c1-8-5-11(16(18,19)20)21-14-13(8)15(24-23-14)22-12(25)7-9-3-2-4-10(17)6-9/h2-6H,7H2,1H3,(H2,21,22,23,24,25). The number of benzene rings is 1. The van der Waals surface area contributed by atoms with E-state index in [0.29, 0.717) is 21.5 Å². The summed E-state index contributed by atoms with van der Waals surface area (Å²) in [6.45, 7) is 1.50. The molecular formula is C16H12ClF3N4O. The van der Waals surface area contributed by atoms with E-state index in [1.54, 1.807) is 24.3 Å². The molecule has 0 radical (unpaired) electrons. The Kier molecular flexibility index (Phi) is 4.38. The van der Waals surface area contributed by atoms with E-state index in [4.69, 9.17) is 11.6 Å². The summed E-state index contributed by atoms with van der Waals surface area (Å²) in [5, 5.41) is 9.72. The zero-order valence-electron chi connectivity index (χ0n) is 12.9. The second-order valence-corrected chi connectivity index (χ2v) is 5.91. The molecule has 0 aliphatic heterocycles. The zero-order valence-corrected chi connectivity index (χ0v) is 13.7. The van der Waals surface area contributed by atoms with E-state index in [1.807, 2.05) is 0 Å². The quantitative estimate of drug-likeness (QED) is 0.730. The summed E-state index contributed by atoms with van der Waals surface area (Å²) in [6.07, 6.45) is -4.50. The molecular weight excluding hydrogens is 357 g/mol. The largest absolute Gasteiger partial charge is 0.433 e. The molecule has 0 saturated heterocycles. The van der Waals surface area contributed by atoms with Gasteiger partial charge in [-0.3, -0.25) is 9.89 Å². The van der Waals surface area contributed by atoms with Crippen LogP contribution >= 0.6 is 11.6 Å². The molecule has 2 N–H and O–H groups in total. The van der Waals surface area contributed by atoms with Crippen LogP contribution in [0.15, 0.2) is 30.3 Å². The van der Waals surface area contributed by atoms with Crippen molar-refractivity contribution in [1.29, 1.82) is 0 Å². The van der Waals surface area contributed by atoms with Crippen LogP contribution in [0.5, 0.6) is 0 Å². The maximum Gasteiger partial charge on any atom is 0.433 e. The second kappa shape index (κ2) is 6.36. The summed E-state index contributed by atoms with van der Waals surface area (Å²) in [7, 11) is 0. The third-order valence-electron chi connectivity index (χ3n) is 3.53. The Morgan fingerprint density at radius 1 is 1.32 bits per heavy atom. The number of H-pyrrole nitrogens is 1. The molecule has 3 rings (SSSR count). The van der Waals surface area contributed by atoms with E-state index in [9.17, 15) is 18.0 Å². The number of nitrogens with zero attached hydrogens (tertiary/aromatic N) is 2. The highest BCUT2D eigenvalue weighted by molar-refractivity contribution is 6.30. The third-order valence-corrected chi connectivity index (χ3v) is 3.76. The van der Waals surface area contributed by atoms with Crippen molar-refractivity contribution in [2.75, 3.05) is 5.32 Å². The number of aromatic nitrogens is 3. The van der Waals surface area contributed by atoms with Crippen molar-refractivity contribution >= 4 is 34.4 Å². The van der Waals surface area contributed by atoms with Crippen molar-refractivity contribution in [3.8, 4) is 0 Å². The van der Waals surface area contributed by atoms with Gasteiger partial charge in [-0.25, -0.2) is 4.98 Å². The van der Waals surface area contributed by atoms with Gasteiger partial charge in [0.25, 0.3) is 0 Å². The second-order valence-electron chi connectivity index (χ2n) is 5.47. The number of alkyl halides is 3. The number of nitrogens with one attached hydrogen (secondary N) is 2. The number of rotatable bonds is 3. The van der Waals surface area contributed by atoms with E-state index in [-0.39, 0.29) is 23.8 Å². The molecule has 1 amide bonds. The Balaban J connectivity index is 1.86. The number of hydrogen-bond acceptors (Lipinski definition) is 3. The monoisotopic (exact) mass is 368 g/mol. The van der Waals surface area contributed by atoms with Crippen molar-refractivity contribution in [3.05, 3.63) is 52.2 Å². The lowest BCUT2D eigenvalue weighted by molar-refractivity contribution is -0.141. The van der Waals surface area contributed by atoms with E-state index in [0.717, 1.165) is 6.07 Å². The molecule has 9 heteroatoms. The van der Waals surface area contributed by atoms with Gasteiger partial charge in [0.2, 0.25) is 5.91 Å². The summed E-state index contributed by atoms with van der Waals surface area (Å²) in [4.78, 5) is 15.7. The Labute approximate surface area is 145 Å². The lowest BCUT2D eigenvalue weighted by atomic mass is 10.1. The molecule has 130 valence electrons.